The van der Waals surface area contributed by atoms with E-state index in [4.69, 9.17) is 9.47 Å². The SMILES string of the molecule is O=C(N[C@@H]1CCOC[C@@H]1C1CCOCC1)C1c2ccccc2-c2ccccc21. The minimum absolute atomic E-state index is 0.126. The zero-order chi connectivity index (χ0) is 18.9. The van der Waals surface area contributed by atoms with Crippen LogP contribution in [-0.4, -0.2) is 38.4 Å². The van der Waals surface area contributed by atoms with E-state index in [1.54, 1.807) is 0 Å². The van der Waals surface area contributed by atoms with E-state index in [0.29, 0.717) is 11.8 Å². The summed E-state index contributed by atoms with van der Waals surface area (Å²) >= 11 is 0. The van der Waals surface area contributed by atoms with Gasteiger partial charge < -0.3 is 14.8 Å². The van der Waals surface area contributed by atoms with Crippen LogP contribution in [0.4, 0.5) is 0 Å². The monoisotopic (exact) mass is 377 g/mol. The highest BCUT2D eigenvalue weighted by Crippen LogP contribution is 2.44. The molecule has 0 unspecified atom stereocenters. The number of hydrogen-bond donors (Lipinski definition) is 1. The van der Waals surface area contributed by atoms with Crippen molar-refractivity contribution in [2.24, 2.45) is 11.8 Å². The smallest absolute Gasteiger partial charge is 0.232 e. The lowest BCUT2D eigenvalue weighted by Crippen LogP contribution is -2.50. The number of benzene rings is 2. The Kier molecular flexibility index (Phi) is 4.91. The third kappa shape index (κ3) is 3.15. The quantitative estimate of drug-likeness (QED) is 0.886. The number of nitrogens with one attached hydrogen (secondary N) is 1. The van der Waals surface area contributed by atoms with E-state index in [0.717, 1.165) is 56.8 Å². The Labute approximate surface area is 166 Å². The average Bonchev–Trinajstić information content (AvgIpc) is 3.09. The molecule has 4 nitrogen and oxygen atoms in total. The van der Waals surface area contributed by atoms with Crippen LogP contribution in [-0.2, 0) is 14.3 Å². The lowest BCUT2D eigenvalue weighted by Gasteiger charge is -2.39. The largest absolute Gasteiger partial charge is 0.381 e. The van der Waals surface area contributed by atoms with Crippen LogP contribution in [0.2, 0.25) is 0 Å². The molecule has 1 amide bonds. The van der Waals surface area contributed by atoms with Crippen LogP contribution in [0, 0.1) is 11.8 Å². The zero-order valence-corrected chi connectivity index (χ0v) is 16.1. The van der Waals surface area contributed by atoms with Gasteiger partial charge in [-0.05, 0) is 47.4 Å². The second-order valence-corrected chi connectivity index (χ2v) is 8.20. The second kappa shape index (κ2) is 7.69. The molecule has 0 spiro atoms. The summed E-state index contributed by atoms with van der Waals surface area (Å²) in [5.41, 5.74) is 4.61. The number of rotatable bonds is 3. The first kappa shape index (κ1) is 17.9. The summed E-state index contributed by atoms with van der Waals surface area (Å²) in [5.74, 6) is 0.864. The molecular formula is C24H27NO3. The van der Waals surface area contributed by atoms with Gasteiger partial charge in [-0.15, -0.1) is 0 Å². The highest BCUT2D eigenvalue weighted by molar-refractivity contribution is 5.96. The molecule has 146 valence electrons. The van der Waals surface area contributed by atoms with Crippen LogP contribution in [0.25, 0.3) is 11.1 Å². The third-order valence-corrected chi connectivity index (χ3v) is 6.70. The summed E-state index contributed by atoms with van der Waals surface area (Å²) in [5, 5.41) is 3.43. The maximum Gasteiger partial charge on any atom is 0.232 e. The summed E-state index contributed by atoms with van der Waals surface area (Å²) in [6, 6.07) is 16.8. The predicted molar refractivity (Wildman–Crippen MR) is 108 cm³/mol. The van der Waals surface area contributed by atoms with Crippen molar-refractivity contribution in [2.75, 3.05) is 26.4 Å². The molecule has 2 aliphatic heterocycles. The lowest BCUT2D eigenvalue weighted by atomic mass is 9.79. The van der Waals surface area contributed by atoms with Crippen molar-refractivity contribution in [1.29, 1.82) is 0 Å². The number of hydrogen-bond acceptors (Lipinski definition) is 3. The van der Waals surface area contributed by atoms with Crippen molar-refractivity contribution in [3.63, 3.8) is 0 Å². The van der Waals surface area contributed by atoms with E-state index < -0.39 is 0 Å². The molecule has 28 heavy (non-hydrogen) atoms. The first-order valence-electron chi connectivity index (χ1n) is 10.5. The van der Waals surface area contributed by atoms with Crippen LogP contribution in [0.1, 0.15) is 36.3 Å². The van der Waals surface area contributed by atoms with Crippen molar-refractivity contribution in [3.8, 4) is 11.1 Å². The molecular weight excluding hydrogens is 350 g/mol. The molecule has 2 fully saturated rings. The van der Waals surface area contributed by atoms with E-state index in [1.807, 2.05) is 12.1 Å². The van der Waals surface area contributed by atoms with Crippen LogP contribution in [0.3, 0.4) is 0 Å². The van der Waals surface area contributed by atoms with Crippen LogP contribution in [0.15, 0.2) is 48.5 Å². The maximum absolute atomic E-state index is 13.5. The van der Waals surface area contributed by atoms with Crippen molar-refractivity contribution in [2.45, 2.75) is 31.2 Å². The molecule has 0 saturated carbocycles. The first-order chi connectivity index (χ1) is 13.8. The van der Waals surface area contributed by atoms with E-state index >= 15 is 0 Å². The summed E-state index contributed by atoms with van der Waals surface area (Å²) in [6.45, 7) is 3.12. The highest BCUT2D eigenvalue weighted by atomic mass is 16.5. The van der Waals surface area contributed by atoms with Crippen molar-refractivity contribution < 1.29 is 14.3 Å². The fraction of sp³-hybridized carbons (Fsp3) is 0.458. The summed E-state index contributed by atoms with van der Waals surface area (Å²) in [4.78, 5) is 13.5. The predicted octanol–water partition coefficient (Wildman–Crippen LogP) is 3.75. The lowest BCUT2D eigenvalue weighted by molar-refractivity contribution is -0.124. The van der Waals surface area contributed by atoms with E-state index in [1.165, 1.54) is 11.1 Å². The van der Waals surface area contributed by atoms with Gasteiger partial charge in [-0.2, -0.15) is 0 Å². The Bertz CT molecular complexity index is 813. The molecule has 5 rings (SSSR count). The number of amides is 1. The second-order valence-electron chi connectivity index (χ2n) is 8.20. The first-order valence-corrected chi connectivity index (χ1v) is 10.5. The van der Waals surface area contributed by atoms with Gasteiger partial charge in [-0.25, -0.2) is 0 Å². The van der Waals surface area contributed by atoms with E-state index in [9.17, 15) is 4.79 Å². The molecule has 2 aromatic rings. The van der Waals surface area contributed by atoms with Gasteiger partial charge in [0.15, 0.2) is 0 Å². The minimum atomic E-state index is -0.217. The number of carbonyl (C=O) groups excluding carboxylic acids is 1. The molecule has 2 heterocycles. The average molecular weight is 377 g/mol. The Hall–Kier alpha value is -2.17. The van der Waals surface area contributed by atoms with E-state index in [2.05, 4.69) is 41.7 Å². The molecule has 1 N–H and O–H groups in total. The Morgan fingerprint density at radius 1 is 0.821 bits per heavy atom. The molecule has 2 atom stereocenters. The number of ether oxygens (including phenoxy) is 2. The van der Waals surface area contributed by atoms with Crippen LogP contribution in [0.5, 0.6) is 0 Å². The Balaban J connectivity index is 1.40. The van der Waals surface area contributed by atoms with Crippen molar-refractivity contribution in [1.82, 2.24) is 5.32 Å². The Morgan fingerprint density at radius 3 is 2.11 bits per heavy atom. The molecule has 3 aliphatic rings. The van der Waals surface area contributed by atoms with Gasteiger partial charge in [-0.1, -0.05) is 48.5 Å². The normalized spacial score (nSPS) is 25.1. The molecule has 2 saturated heterocycles. The molecule has 0 aromatic heterocycles. The van der Waals surface area contributed by atoms with E-state index in [-0.39, 0.29) is 17.9 Å². The van der Waals surface area contributed by atoms with Gasteiger partial charge in [-0.3, -0.25) is 4.79 Å². The van der Waals surface area contributed by atoms with Crippen LogP contribution < -0.4 is 5.32 Å². The zero-order valence-electron chi connectivity index (χ0n) is 16.1. The molecule has 2 aromatic carbocycles. The van der Waals surface area contributed by atoms with Gasteiger partial charge in [0.1, 0.15) is 0 Å². The van der Waals surface area contributed by atoms with Gasteiger partial charge in [0.25, 0.3) is 0 Å². The minimum Gasteiger partial charge on any atom is -0.381 e. The maximum atomic E-state index is 13.5. The van der Waals surface area contributed by atoms with Gasteiger partial charge >= 0.3 is 0 Å². The van der Waals surface area contributed by atoms with Gasteiger partial charge in [0.05, 0.1) is 12.5 Å². The van der Waals surface area contributed by atoms with Crippen molar-refractivity contribution >= 4 is 5.91 Å². The Morgan fingerprint density at radius 2 is 1.43 bits per heavy atom. The summed E-state index contributed by atoms with van der Waals surface area (Å²) in [7, 11) is 0. The standard InChI is InChI=1S/C24H27NO3/c26-24(25-22-11-14-28-15-21(22)16-9-12-27-13-10-16)23-19-7-3-1-5-17(19)18-6-2-4-8-20(18)23/h1-8,16,21-23H,9-15H2,(H,25,26)/t21-,22-/m1/s1. The topological polar surface area (TPSA) is 47.6 Å². The molecule has 4 heteroatoms. The highest BCUT2D eigenvalue weighted by Gasteiger charge is 2.38. The fourth-order valence-corrected chi connectivity index (χ4v) is 5.25. The summed E-state index contributed by atoms with van der Waals surface area (Å²) in [6.07, 6.45) is 3.02. The third-order valence-electron chi connectivity index (χ3n) is 6.70. The molecule has 0 bridgehead atoms. The van der Waals surface area contributed by atoms with Crippen LogP contribution >= 0.6 is 0 Å². The number of fused-ring (bicyclic) bond motifs is 3. The number of carbonyl (C=O) groups is 1. The summed E-state index contributed by atoms with van der Waals surface area (Å²) < 4.78 is 11.3. The van der Waals surface area contributed by atoms with Gasteiger partial charge in [0.2, 0.25) is 5.91 Å². The fourth-order valence-electron chi connectivity index (χ4n) is 5.25. The van der Waals surface area contributed by atoms with Gasteiger partial charge in [0, 0.05) is 31.8 Å². The molecule has 0 radical (unpaired) electrons. The molecule has 1 aliphatic carbocycles. The van der Waals surface area contributed by atoms with Crippen molar-refractivity contribution in [3.05, 3.63) is 59.7 Å².